The topological polar surface area (TPSA) is 41.1 Å². The molecule has 120 valence electrons. The second kappa shape index (κ2) is 6.91. The summed E-state index contributed by atoms with van der Waals surface area (Å²) in [4.78, 5) is 12.1. The largest absolute Gasteiger partial charge is 0.355 e. The Hall–Kier alpha value is -3.21. The Morgan fingerprint density at radius 2 is 1.46 bits per heavy atom. The van der Waals surface area contributed by atoms with E-state index in [2.05, 4.69) is 10.6 Å². The predicted molar refractivity (Wildman–Crippen MR) is 90.5 cm³/mol. The molecule has 0 aliphatic rings. The van der Waals surface area contributed by atoms with E-state index >= 15 is 0 Å². The van der Waals surface area contributed by atoms with E-state index in [-0.39, 0.29) is 5.56 Å². The van der Waals surface area contributed by atoms with Gasteiger partial charge >= 0.3 is 0 Å². The molecule has 0 aromatic heterocycles. The standard InChI is InChI=1S/C19H14F2N2O/c20-13-9-10-17(18(21)11-13)19(24)23-16-8-4-7-15(12-16)22-14-5-2-1-3-6-14/h1-12,22H,(H,23,24). The predicted octanol–water partition coefficient (Wildman–Crippen LogP) is 4.96. The highest BCUT2D eigenvalue weighted by atomic mass is 19.1. The van der Waals surface area contributed by atoms with Crippen LogP contribution < -0.4 is 10.6 Å². The zero-order valence-corrected chi connectivity index (χ0v) is 12.6. The summed E-state index contributed by atoms with van der Waals surface area (Å²) >= 11 is 0. The lowest BCUT2D eigenvalue weighted by molar-refractivity contribution is 0.102. The molecule has 0 heterocycles. The zero-order valence-electron chi connectivity index (χ0n) is 12.6. The van der Waals surface area contributed by atoms with E-state index in [1.54, 1.807) is 18.2 Å². The molecule has 1 amide bonds. The van der Waals surface area contributed by atoms with Crippen LogP contribution in [-0.2, 0) is 0 Å². The smallest absolute Gasteiger partial charge is 0.258 e. The molecule has 0 spiro atoms. The van der Waals surface area contributed by atoms with Gasteiger partial charge in [0.05, 0.1) is 5.56 Å². The van der Waals surface area contributed by atoms with Crippen LogP contribution in [-0.4, -0.2) is 5.91 Å². The average molecular weight is 324 g/mol. The summed E-state index contributed by atoms with van der Waals surface area (Å²) in [7, 11) is 0. The molecule has 3 rings (SSSR count). The summed E-state index contributed by atoms with van der Waals surface area (Å²) in [5.74, 6) is -2.26. The molecule has 2 N–H and O–H groups in total. The van der Waals surface area contributed by atoms with Gasteiger partial charge in [-0.1, -0.05) is 24.3 Å². The molecule has 0 radical (unpaired) electrons. The van der Waals surface area contributed by atoms with Crippen molar-refractivity contribution in [2.75, 3.05) is 10.6 Å². The van der Waals surface area contributed by atoms with E-state index in [9.17, 15) is 13.6 Å². The van der Waals surface area contributed by atoms with Crippen molar-refractivity contribution in [1.82, 2.24) is 0 Å². The highest BCUT2D eigenvalue weighted by Gasteiger charge is 2.12. The highest BCUT2D eigenvalue weighted by Crippen LogP contribution is 2.21. The van der Waals surface area contributed by atoms with Crippen molar-refractivity contribution in [3.05, 3.63) is 90.0 Å². The first kappa shape index (κ1) is 15.7. The molecule has 3 nitrogen and oxygen atoms in total. The second-order valence-electron chi connectivity index (χ2n) is 5.15. The van der Waals surface area contributed by atoms with Crippen LogP contribution in [0, 0.1) is 11.6 Å². The van der Waals surface area contributed by atoms with Gasteiger partial charge in [0.1, 0.15) is 11.6 Å². The van der Waals surface area contributed by atoms with Gasteiger partial charge in [0.2, 0.25) is 0 Å². The number of carbonyl (C=O) groups is 1. The van der Waals surface area contributed by atoms with Gasteiger partial charge in [-0.3, -0.25) is 4.79 Å². The van der Waals surface area contributed by atoms with Crippen LogP contribution in [0.1, 0.15) is 10.4 Å². The van der Waals surface area contributed by atoms with Gasteiger partial charge < -0.3 is 10.6 Å². The van der Waals surface area contributed by atoms with Crippen LogP contribution >= 0.6 is 0 Å². The quantitative estimate of drug-likeness (QED) is 0.712. The normalized spacial score (nSPS) is 10.2. The minimum Gasteiger partial charge on any atom is -0.355 e. The molecule has 0 aliphatic heterocycles. The summed E-state index contributed by atoms with van der Waals surface area (Å²) in [6, 6.07) is 19.4. The van der Waals surface area contributed by atoms with Crippen LogP contribution in [0.5, 0.6) is 0 Å². The lowest BCUT2D eigenvalue weighted by atomic mass is 10.2. The summed E-state index contributed by atoms with van der Waals surface area (Å²) in [5.41, 5.74) is 1.98. The van der Waals surface area contributed by atoms with Crippen LogP contribution in [0.3, 0.4) is 0 Å². The summed E-state index contributed by atoms with van der Waals surface area (Å²) < 4.78 is 26.6. The van der Waals surface area contributed by atoms with Crippen molar-refractivity contribution in [1.29, 1.82) is 0 Å². The Labute approximate surface area is 138 Å². The van der Waals surface area contributed by atoms with Gasteiger partial charge in [0, 0.05) is 23.1 Å². The Morgan fingerprint density at radius 3 is 2.21 bits per heavy atom. The van der Waals surface area contributed by atoms with Gasteiger partial charge in [-0.15, -0.1) is 0 Å². The first-order valence-electron chi connectivity index (χ1n) is 7.30. The van der Waals surface area contributed by atoms with E-state index in [0.29, 0.717) is 11.8 Å². The fourth-order valence-electron chi connectivity index (χ4n) is 2.23. The molecule has 0 unspecified atom stereocenters. The van der Waals surface area contributed by atoms with E-state index in [0.717, 1.165) is 23.5 Å². The maximum absolute atomic E-state index is 13.7. The van der Waals surface area contributed by atoms with E-state index in [1.807, 2.05) is 36.4 Å². The Balaban J connectivity index is 1.75. The van der Waals surface area contributed by atoms with Crippen molar-refractivity contribution in [3.63, 3.8) is 0 Å². The third-order valence-electron chi connectivity index (χ3n) is 3.36. The first-order chi connectivity index (χ1) is 11.6. The number of hydrogen-bond acceptors (Lipinski definition) is 2. The molecular formula is C19H14F2N2O. The third kappa shape index (κ3) is 3.76. The molecule has 24 heavy (non-hydrogen) atoms. The van der Waals surface area contributed by atoms with Crippen molar-refractivity contribution >= 4 is 23.0 Å². The zero-order chi connectivity index (χ0) is 16.9. The molecule has 0 fully saturated rings. The van der Waals surface area contributed by atoms with Crippen LogP contribution in [0.2, 0.25) is 0 Å². The molecule has 3 aromatic rings. The van der Waals surface area contributed by atoms with E-state index in [4.69, 9.17) is 0 Å². The molecule has 0 aliphatic carbocycles. The van der Waals surface area contributed by atoms with Gasteiger partial charge in [-0.05, 0) is 42.5 Å². The summed E-state index contributed by atoms with van der Waals surface area (Å²) in [6.07, 6.45) is 0. The number of para-hydroxylation sites is 1. The number of rotatable bonds is 4. The number of amides is 1. The van der Waals surface area contributed by atoms with Crippen molar-refractivity contribution in [2.24, 2.45) is 0 Å². The fraction of sp³-hybridized carbons (Fsp3) is 0. The molecule has 0 saturated carbocycles. The van der Waals surface area contributed by atoms with Gasteiger partial charge in [0.15, 0.2) is 0 Å². The van der Waals surface area contributed by atoms with E-state index < -0.39 is 17.5 Å². The SMILES string of the molecule is O=C(Nc1cccc(Nc2ccccc2)c1)c1ccc(F)cc1F. The molecule has 3 aromatic carbocycles. The third-order valence-corrected chi connectivity index (χ3v) is 3.36. The number of nitrogens with one attached hydrogen (secondary N) is 2. The van der Waals surface area contributed by atoms with Crippen LogP contribution in [0.25, 0.3) is 0 Å². The van der Waals surface area contributed by atoms with E-state index in [1.165, 1.54) is 0 Å². The number of hydrogen-bond donors (Lipinski definition) is 2. The van der Waals surface area contributed by atoms with Crippen LogP contribution in [0.4, 0.5) is 25.8 Å². The number of halogens is 2. The fourth-order valence-corrected chi connectivity index (χ4v) is 2.23. The lowest BCUT2D eigenvalue weighted by Crippen LogP contribution is -2.14. The minimum atomic E-state index is -0.897. The minimum absolute atomic E-state index is 0.210. The first-order valence-corrected chi connectivity index (χ1v) is 7.30. The molecule has 0 atom stereocenters. The Kier molecular flexibility index (Phi) is 4.52. The van der Waals surface area contributed by atoms with Crippen molar-refractivity contribution in [3.8, 4) is 0 Å². The average Bonchev–Trinajstić information content (AvgIpc) is 2.56. The van der Waals surface area contributed by atoms with Gasteiger partial charge in [-0.25, -0.2) is 8.78 Å². The van der Waals surface area contributed by atoms with Gasteiger partial charge in [0.25, 0.3) is 5.91 Å². The monoisotopic (exact) mass is 324 g/mol. The summed E-state index contributed by atoms with van der Waals surface area (Å²) in [5, 5.41) is 5.80. The Morgan fingerprint density at radius 1 is 0.750 bits per heavy atom. The number of carbonyl (C=O) groups excluding carboxylic acids is 1. The molecule has 0 bridgehead atoms. The number of benzene rings is 3. The highest BCUT2D eigenvalue weighted by molar-refractivity contribution is 6.04. The maximum atomic E-state index is 13.7. The second-order valence-corrected chi connectivity index (χ2v) is 5.15. The van der Waals surface area contributed by atoms with Crippen LogP contribution in [0.15, 0.2) is 72.8 Å². The lowest BCUT2D eigenvalue weighted by Gasteiger charge is -2.10. The van der Waals surface area contributed by atoms with Gasteiger partial charge in [-0.2, -0.15) is 0 Å². The molecular weight excluding hydrogens is 310 g/mol. The van der Waals surface area contributed by atoms with Crippen molar-refractivity contribution in [2.45, 2.75) is 0 Å². The van der Waals surface area contributed by atoms with Crippen molar-refractivity contribution < 1.29 is 13.6 Å². The maximum Gasteiger partial charge on any atom is 0.258 e. The summed E-state index contributed by atoms with van der Waals surface area (Å²) in [6.45, 7) is 0. The number of anilines is 3. The molecule has 5 heteroatoms. The molecule has 0 saturated heterocycles. The Bertz CT molecular complexity index is 866.